The number of hydrogen-bond acceptors (Lipinski definition) is 5. The van der Waals surface area contributed by atoms with Crippen LogP contribution in [0.3, 0.4) is 0 Å². The van der Waals surface area contributed by atoms with Crippen molar-refractivity contribution in [2.24, 2.45) is 0 Å². The highest BCUT2D eigenvalue weighted by atomic mass is 32.2. The van der Waals surface area contributed by atoms with Crippen molar-refractivity contribution in [3.05, 3.63) is 28.3 Å². The summed E-state index contributed by atoms with van der Waals surface area (Å²) in [6.45, 7) is 1.55. The monoisotopic (exact) mass is 256 g/mol. The van der Waals surface area contributed by atoms with Gasteiger partial charge in [-0.15, -0.1) is 0 Å². The minimum Gasteiger partial charge on any atom is -0.366 e. The Morgan fingerprint density at radius 3 is 2.41 bits per heavy atom. The Balaban J connectivity index is 2.52. The van der Waals surface area contributed by atoms with Gasteiger partial charge in [0.1, 0.15) is 5.69 Å². The number of rotatable bonds is 3. The summed E-state index contributed by atoms with van der Waals surface area (Å²) in [7, 11) is -3.41. The molecule has 1 heterocycles. The molecule has 0 bridgehead atoms. The van der Waals surface area contributed by atoms with Crippen LogP contribution in [0.5, 0.6) is 0 Å². The van der Waals surface area contributed by atoms with Crippen LogP contribution < -0.4 is 4.90 Å². The molecule has 1 aliphatic rings. The van der Waals surface area contributed by atoms with Gasteiger partial charge in [0.2, 0.25) is 0 Å². The van der Waals surface area contributed by atoms with Gasteiger partial charge in [0.05, 0.1) is 9.82 Å². The molecule has 1 aromatic rings. The number of benzene rings is 1. The fourth-order valence-electron chi connectivity index (χ4n) is 1.70. The van der Waals surface area contributed by atoms with Gasteiger partial charge in [0, 0.05) is 25.4 Å². The second-order valence-electron chi connectivity index (χ2n) is 4.02. The highest BCUT2D eigenvalue weighted by Gasteiger charge is 2.25. The second kappa shape index (κ2) is 3.99. The van der Waals surface area contributed by atoms with Gasteiger partial charge in [0.25, 0.3) is 5.69 Å². The highest BCUT2D eigenvalue weighted by molar-refractivity contribution is 7.90. The maximum absolute atomic E-state index is 11.3. The van der Waals surface area contributed by atoms with Crippen LogP contribution in [0.25, 0.3) is 0 Å². The molecule has 1 saturated heterocycles. The smallest absolute Gasteiger partial charge is 0.293 e. The zero-order valence-electron chi connectivity index (χ0n) is 9.29. The van der Waals surface area contributed by atoms with E-state index in [1.807, 2.05) is 4.90 Å². The largest absolute Gasteiger partial charge is 0.366 e. The van der Waals surface area contributed by atoms with Crippen molar-refractivity contribution >= 4 is 21.2 Å². The molecule has 0 unspecified atom stereocenters. The first-order valence-electron chi connectivity index (χ1n) is 5.13. The van der Waals surface area contributed by atoms with Gasteiger partial charge in [-0.1, -0.05) is 0 Å². The van der Waals surface area contributed by atoms with Gasteiger partial charge in [-0.2, -0.15) is 0 Å². The first kappa shape index (κ1) is 11.8. The van der Waals surface area contributed by atoms with Crippen molar-refractivity contribution < 1.29 is 13.3 Å². The molecule has 1 aromatic carbocycles. The normalized spacial score (nSPS) is 15.5. The molecule has 2 rings (SSSR count). The first-order chi connectivity index (χ1) is 7.89. The quantitative estimate of drug-likeness (QED) is 0.599. The summed E-state index contributed by atoms with van der Waals surface area (Å²) in [6.07, 6.45) is 2.04. The Labute approximate surface area is 98.9 Å². The van der Waals surface area contributed by atoms with Gasteiger partial charge >= 0.3 is 0 Å². The molecular formula is C10H12N2O4S. The fourth-order valence-corrected chi connectivity index (χ4v) is 2.35. The van der Waals surface area contributed by atoms with E-state index in [9.17, 15) is 18.5 Å². The van der Waals surface area contributed by atoms with E-state index < -0.39 is 14.8 Å². The van der Waals surface area contributed by atoms with Gasteiger partial charge in [-0.3, -0.25) is 10.1 Å². The predicted octanol–water partition coefficient (Wildman–Crippen LogP) is 1.21. The third kappa shape index (κ3) is 2.23. The van der Waals surface area contributed by atoms with Crippen molar-refractivity contribution in [1.82, 2.24) is 0 Å². The number of nitro benzene ring substituents is 1. The van der Waals surface area contributed by atoms with E-state index in [4.69, 9.17) is 0 Å². The lowest BCUT2D eigenvalue weighted by Crippen LogP contribution is -2.37. The second-order valence-corrected chi connectivity index (χ2v) is 6.04. The van der Waals surface area contributed by atoms with Crippen LogP contribution in [-0.2, 0) is 9.84 Å². The van der Waals surface area contributed by atoms with Crippen molar-refractivity contribution in [2.45, 2.75) is 11.3 Å². The van der Waals surface area contributed by atoms with E-state index in [-0.39, 0.29) is 10.6 Å². The summed E-state index contributed by atoms with van der Waals surface area (Å²) >= 11 is 0. The van der Waals surface area contributed by atoms with E-state index in [0.717, 1.165) is 31.8 Å². The summed E-state index contributed by atoms with van der Waals surface area (Å²) in [5.41, 5.74) is 0.348. The highest BCUT2D eigenvalue weighted by Crippen LogP contribution is 2.33. The van der Waals surface area contributed by atoms with Crippen LogP contribution in [0, 0.1) is 10.1 Å². The average Bonchev–Trinajstić information content (AvgIpc) is 2.13. The lowest BCUT2D eigenvalue weighted by molar-refractivity contribution is -0.384. The molecule has 1 aliphatic heterocycles. The van der Waals surface area contributed by atoms with E-state index >= 15 is 0 Å². The summed E-state index contributed by atoms with van der Waals surface area (Å²) in [4.78, 5) is 12.2. The third-order valence-electron chi connectivity index (χ3n) is 2.77. The Kier molecular flexibility index (Phi) is 2.78. The van der Waals surface area contributed by atoms with Crippen molar-refractivity contribution in [3.63, 3.8) is 0 Å². The first-order valence-corrected chi connectivity index (χ1v) is 7.02. The lowest BCUT2D eigenvalue weighted by Gasteiger charge is -2.32. The van der Waals surface area contributed by atoms with Crippen LogP contribution in [0.2, 0.25) is 0 Å². The maximum Gasteiger partial charge on any atom is 0.293 e. The minimum atomic E-state index is -3.41. The van der Waals surface area contributed by atoms with Gasteiger partial charge in [-0.25, -0.2) is 8.42 Å². The average molecular weight is 256 g/mol. The Bertz CT molecular complexity index is 564. The standard InChI is InChI=1S/C10H12N2O4S/c1-17(15,16)8-3-4-9(11-5-2-6-11)10(7-8)12(13)14/h3-4,7H,2,5-6H2,1H3. The van der Waals surface area contributed by atoms with Gasteiger partial charge in [0.15, 0.2) is 9.84 Å². The van der Waals surface area contributed by atoms with Crippen LogP contribution in [0.4, 0.5) is 11.4 Å². The molecule has 17 heavy (non-hydrogen) atoms. The van der Waals surface area contributed by atoms with Crippen LogP contribution in [0.15, 0.2) is 23.1 Å². The molecule has 0 atom stereocenters. The Morgan fingerprint density at radius 1 is 1.35 bits per heavy atom. The topological polar surface area (TPSA) is 80.5 Å². The molecule has 6 nitrogen and oxygen atoms in total. The summed E-state index contributed by atoms with van der Waals surface area (Å²) in [6, 6.07) is 4.05. The Morgan fingerprint density at radius 2 is 2.00 bits per heavy atom. The molecular weight excluding hydrogens is 244 g/mol. The SMILES string of the molecule is CS(=O)(=O)c1ccc(N2CCC2)c([N+](=O)[O-])c1. The lowest BCUT2D eigenvalue weighted by atomic mass is 10.1. The molecule has 0 aromatic heterocycles. The molecule has 0 radical (unpaired) electrons. The number of nitrogens with zero attached hydrogens (tertiary/aromatic N) is 2. The van der Waals surface area contributed by atoms with Crippen molar-refractivity contribution in [2.75, 3.05) is 24.2 Å². The predicted molar refractivity (Wildman–Crippen MR) is 63.0 cm³/mol. The Hall–Kier alpha value is -1.63. The van der Waals surface area contributed by atoms with E-state index in [1.54, 1.807) is 0 Å². The zero-order valence-corrected chi connectivity index (χ0v) is 10.1. The van der Waals surface area contributed by atoms with Crippen LogP contribution in [0.1, 0.15) is 6.42 Å². The molecule has 0 aliphatic carbocycles. The number of hydrogen-bond donors (Lipinski definition) is 0. The van der Waals surface area contributed by atoms with Crippen molar-refractivity contribution in [1.29, 1.82) is 0 Å². The number of anilines is 1. The zero-order chi connectivity index (χ0) is 12.6. The number of nitro groups is 1. The van der Waals surface area contributed by atoms with E-state index in [2.05, 4.69) is 0 Å². The molecule has 0 spiro atoms. The van der Waals surface area contributed by atoms with Crippen LogP contribution in [-0.4, -0.2) is 32.7 Å². The molecule has 7 heteroatoms. The molecule has 0 saturated carbocycles. The minimum absolute atomic E-state index is 0.0199. The number of sulfone groups is 1. The summed E-state index contributed by atoms with van der Waals surface area (Å²) in [5, 5.41) is 10.9. The maximum atomic E-state index is 11.3. The summed E-state index contributed by atoms with van der Waals surface area (Å²) in [5.74, 6) is 0. The van der Waals surface area contributed by atoms with Gasteiger partial charge in [-0.05, 0) is 18.6 Å². The summed E-state index contributed by atoms with van der Waals surface area (Å²) < 4.78 is 22.7. The van der Waals surface area contributed by atoms with Crippen LogP contribution >= 0.6 is 0 Å². The molecule has 92 valence electrons. The van der Waals surface area contributed by atoms with E-state index in [1.165, 1.54) is 12.1 Å². The van der Waals surface area contributed by atoms with Crippen molar-refractivity contribution in [3.8, 4) is 0 Å². The van der Waals surface area contributed by atoms with E-state index in [0.29, 0.717) is 5.69 Å². The van der Waals surface area contributed by atoms with Gasteiger partial charge < -0.3 is 4.90 Å². The molecule has 1 fully saturated rings. The molecule has 0 N–H and O–H groups in total. The fraction of sp³-hybridized carbons (Fsp3) is 0.400. The molecule has 0 amide bonds. The third-order valence-corrected chi connectivity index (χ3v) is 3.88.